The Morgan fingerprint density at radius 2 is 2.09 bits per heavy atom. The van der Waals surface area contributed by atoms with Gasteiger partial charge in [-0.25, -0.2) is 27.0 Å². The van der Waals surface area contributed by atoms with Crippen molar-refractivity contribution in [3.8, 4) is 0 Å². The van der Waals surface area contributed by atoms with Crippen LogP contribution in [0.4, 0.5) is 0 Å². The number of fused-ring (bicyclic) bond motifs is 1. The molecule has 0 unspecified atom stereocenters. The summed E-state index contributed by atoms with van der Waals surface area (Å²) in [5.74, 6) is 0. The summed E-state index contributed by atoms with van der Waals surface area (Å²) in [4.78, 5) is 3.93. The van der Waals surface area contributed by atoms with Crippen LogP contribution in [0.15, 0.2) is 21.7 Å². The Morgan fingerprint density at radius 3 is 2.78 bits per heavy atom. The zero-order valence-electron chi connectivity index (χ0n) is 12.3. The highest BCUT2D eigenvalue weighted by atomic mass is 32.2. The molecule has 2 N–H and O–H groups in total. The molecule has 126 valence electrons. The molecule has 0 radical (unpaired) electrons. The molecular formula is C12H16N4O5S2. The summed E-state index contributed by atoms with van der Waals surface area (Å²) >= 11 is 0. The molecule has 0 aliphatic carbocycles. The summed E-state index contributed by atoms with van der Waals surface area (Å²) < 4.78 is 54.6. The van der Waals surface area contributed by atoms with E-state index in [0.29, 0.717) is 23.9 Å². The van der Waals surface area contributed by atoms with Crippen LogP contribution in [0.25, 0.3) is 11.1 Å². The van der Waals surface area contributed by atoms with Crippen LogP contribution in [0.5, 0.6) is 0 Å². The molecule has 0 saturated carbocycles. The molecule has 1 aliphatic rings. The van der Waals surface area contributed by atoms with E-state index < -0.39 is 25.3 Å². The minimum Gasteiger partial charge on any atom is -0.336 e. The van der Waals surface area contributed by atoms with E-state index in [1.54, 1.807) is 6.92 Å². The third-order valence-electron chi connectivity index (χ3n) is 3.93. The van der Waals surface area contributed by atoms with Gasteiger partial charge in [-0.1, -0.05) is 5.16 Å². The molecule has 3 rings (SSSR count). The van der Waals surface area contributed by atoms with Gasteiger partial charge >= 0.3 is 0 Å². The average molecular weight is 360 g/mol. The molecule has 9 nitrogen and oxygen atoms in total. The molecule has 0 aromatic carbocycles. The molecule has 11 heteroatoms. The first kappa shape index (κ1) is 16.3. The number of pyridine rings is 1. The number of hydrogen-bond donors (Lipinski definition) is 1. The number of rotatable bonds is 3. The lowest BCUT2D eigenvalue weighted by atomic mass is 10.2. The maximum atomic E-state index is 12.7. The van der Waals surface area contributed by atoms with Crippen LogP contribution < -0.4 is 5.14 Å². The minimum atomic E-state index is -3.86. The fourth-order valence-electron chi connectivity index (χ4n) is 2.61. The smallest absolute Gasteiger partial charge is 0.257 e. The second kappa shape index (κ2) is 5.51. The van der Waals surface area contributed by atoms with E-state index in [4.69, 9.17) is 9.66 Å². The number of aryl methyl sites for hydroxylation is 1. The molecule has 1 saturated heterocycles. The van der Waals surface area contributed by atoms with Crippen LogP contribution in [0, 0.1) is 6.92 Å². The van der Waals surface area contributed by atoms with Gasteiger partial charge in [0, 0.05) is 13.1 Å². The van der Waals surface area contributed by atoms with Crippen molar-refractivity contribution in [2.45, 2.75) is 29.9 Å². The van der Waals surface area contributed by atoms with Gasteiger partial charge < -0.3 is 4.52 Å². The normalized spacial score (nSPS) is 20.9. The lowest BCUT2D eigenvalue weighted by molar-refractivity contribution is 0.346. The number of aromatic nitrogens is 2. The average Bonchev–Trinajstić information content (AvgIpc) is 2.87. The maximum absolute atomic E-state index is 12.7. The van der Waals surface area contributed by atoms with Crippen molar-refractivity contribution in [1.82, 2.24) is 14.4 Å². The van der Waals surface area contributed by atoms with Gasteiger partial charge in [0.05, 0.1) is 22.5 Å². The lowest BCUT2D eigenvalue weighted by Crippen LogP contribution is -2.46. The zero-order chi connectivity index (χ0) is 16.8. The highest BCUT2D eigenvalue weighted by Crippen LogP contribution is 2.25. The Labute approximate surface area is 133 Å². The van der Waals surface area contributed by atoms with E-state index in [-0.39, 0.29) is 23.7 Å². The van der Waals surface area contributed by atoms with Crippen molar-refractivity contribution in [2.75, 3.05) is 13.1 Å². The zero-order valence-corrected chi connectivity index (χ0v) is 14.0. The van der Waals surface area contributed by atoms with E-state index in [0.717, 1.165) is 4.31 Å². The third-order valence-corrected chi connectivity index (χ3v) is 7.07. The summed E-state index contributed by atoms with van der Waals surface area (Å²) in [5, 5.41) is 8.50. The van der Waals surface area contributed by atoms with Gasteiger partial charge in [0.1, 0.15) is 4.90 Å². The summed E-state index contributed by atoms with van der Waals surface area (Å²) in [6.45, 7) is 1.78. The van der Waals surface area contributed by atoms with Crippen molar-refractivity contribution in [2.24, 2.45) is 5.14 Å². The van der Waals surface area contributed by atoms with Crippen LogP contribution in [0.3, 0.4) is 0 Å². The standard InChI is InChI=1S/C12H16N4O5S2/c1-8-11-5-10(6-14-12(11)21-15-8)23(19,20)16-4-2-3-9(7-16)22(13,17)18/h5-6,9H,2-4,7H2,1H3,(H2,13,17,18)/t9-/m0/s1. The number of piperidine rings is 1. The first-order valence-electron chi connectivity index (χ1n) is 6.93. The Balaban J connectivity index is 1.97. The van der Waals surface area contributed by atoms with E-state index in [9.17, 15) is 16.8 Å². The quantitative estimate of drug-likeness (QED) is 0.811. The van der Waals surface area contributed by atoms with Crippen molar-refractivity contribution >= 4 is 31.1 Å². The molecule has 23 heavy (non-hydrogen) atoms. The SMILES string of the molecule is Cc1noc2ncc(S(=O)(=O)N3CCC[C@H](S(N)(=O)=O)C3)cc12. The van der Waals surface area contributed by atoms with Crippen LogP contribution in [-0.4, -0.2) is 49.6 Å². The van der Waals surface area contributed by atoms with Gasteiger partial charge in [-0.2, -0.15) is 4.31 Å². The van der Waals surface area contributed by atoms with E-state index in [2.05, 4.69) is 10.1 Å². The molecule has 0 amide bonds. The highest BCUT2D eigenvalue weighted by Gasteiger charge is 2.35. The van der Waals surface area contributed by atoms with Gasteiger partial charge in [-0.15, -0.1) is 0 Å². The highest BCUT2D eigenvalue weighted by molar-refractivity contribution is 7.90. The summed E-state index contributed by atoms with van der Waals surface area (Å²) in [5.41, 5.74) is 0.785. The molecule has 1 fully saturated rings. The van der Waals surface area contributed by atoms with E-state index >= 15 is 0 Å². The first-order chi connectivity index (χ1) is 10.7. The van der Waals surface area contributed by atoms with Gasteiger partial charge in [0.2, 0.25) is 20.0 Å². The lowest BCUT2D eigenvalue weighted by Gasteiger charge is -2.30. The maximum Gasteiger partial charge on any atom is 0.257 e. The fraction of sp³-hybridized carbons (Fsp3) is 0.500. The third kappa shape index (κ3) is 2.96. The molecule has 1 atom stereocenters. The minimum absolute atomic E-state index is 0.0219. The van der Waals surface area contributed by atoms with Gasteiger partial charge in [-0.3, -0.25) is 0 Å². The summed E-state index contributed by atoms with van der Waals surface area (Å²) in [6, 6.07) is 1.43. The molecule has 2 aromatic rings. The predicted molar refractivity (Wildman–Crippen MR) is 81.4 cm³/mol. The van der Waals surface area contributed by atoms with Gasteiger partial charge in [0.25, 0.3) is 5.71 Å². The van der Waals surface area contributed by atoms with E-state index in [1.807, 2.05) is 0 Å². The number of nitrogens with two attached hydrogens (primary N) is 1. The summed E-state index contributed by atoms with van der Waals surface area (Å²) in [7, 11) is -7.64. The first-order valence-corrected chi connectivity index (χ1v) is 9.98. The summed E-state index contributed by atoms with van der Waals surface area (Å²) in [6.07, 6.45) is 1.97. The van der Waals surface area contributed by atoms with Crippen LogP contribution >= 0.6 is 0 Å². The Hall–Kier alpha value is -1.56. The Bertz CT molecular complexity index is 951. The van der Waals surface area contributed by atoms with Crippen LogP contribution in [0.2, 0.25) is 0 Å². The number of hydrogen-bond acceptors (Lipinski definition) is 7. The van der Waals surface area contributed by atoms with Crippen molar-refractivity contribution in [3.05, 3.63) is 18.0 Å². The Morgan fingerprint density at radius 1 is 1.35 bits per heavy atom. The molecule has 0 spiro atoms. The molecule has 3 heterocycles. The second-order valence-corrected chi connectivity index (χ2v) is 9.29. The van der Waals surface area contributed by atoms with Gasteiger partial charge in [0.15, 0.2) is 0 Å². The van der Waals surface area contributed by atoms with Gasteiger partial charge in [-0.05, 0) is 25.8 Å². The number of sulfonamides is 2. The van der Waals surface area contributed by atoms with Crippen molar-refractivity contribution < 1.29 is 21.4 Å². The topological polar surface area (TPSA) is 136 Å². The molecule has 1 aliphatic heterocycles. The van der Waals surface area contributed by atoms with Crippen LogP contribution in [0.1, 0.15) is 18.5 Å². The number of primary sulfonamides is 1. The van der Waals surface area contributed by atoms with Crippen molar-refractivity contribution in [1.29, 1.82) is 0 Å². The molecule has 2 aromatic heterocycles. The van der Waals surface area contributed by atoms with Crippen molar-refractivity contribution in [3.63, 3.8) is 0 Å². The molecule has 0 bridgehead atoms. The monoisotopic (exact) mass is 360 g/mol. The predicted octanol–water partition coefficient (Wildman–Crippen LogP) is -0.0272. The Kier molecular flexibility index (Phi) is 3.91. The van der Waals surface area contributed by atoms with E-state index in [1.165, 1.54) is 12.3 Å². The van der Waals surface area contributed by atoms with Crippen LogP contribution in [-0.2, 0) is 20.0 Å². The fourth-order valence-corrected chi connectivity index (χ4v) is 5.08. The second-order valence-electron chi connectivity index (χ2n) is 5.51. The number of nitrogens with zero attached hydrogens (tertiary/aromatic N) is 3. The molecular weight excluding hydrogens is 344 g/mol. The largest absolute Gasteiger partial charge is 0.336 e.